The highest BCUT2D eigenvalue weighted by molar-refractivity contribution is 9.10. The lowest BCUT2D eigenvalue weighted by Crippen LogP contribution is -2.21. The highest BCUT2D eigenvalue weighted by Crippen LogP contribution is 2.37. The molecule has 7 heteroatoms. The number of carbonyl (C=O) groups is 1. The van der Waals surface area contributed by atoms with Crippen LogP contribution in [0.15, 0.2) is 65.1 Å². The molecule has 0 radical (unpaired) electrons. The van der Waals surface area contributed by atoms with Gasteiger partial charge in [-0.3, -0.25) is 4.79 Å². The lowest BCUT2D eigenvalue weighted by molar-refractivity contribution is -0.118. The number of anilines is 2. The molecule has 0 aromatic heterocycles. The second-order valence-electron chi connectivity index (χ2n) is 6.84. The number of ether oxygens (including phenoxy) is 3. The van der Waals surface area contributed by atoms with Crippen LogP contribution in [0.4, 0.5) is 11.4 Å². The van der Waals surface area contributed by atoms with Crippen LogP contribution in [0, 0.1) is 6.92 Å². The minimum atomic E-state index is -0.250. The number of rotatable bonds is 9. The minimum Gasteiger partial charge on any atom is -0.497 e. The first-order valence-corrected chi connectivity index (χ1v) is 10.5. The Kier molecular flexibility index (Phi) is 7.78. The number of methoxy groups -OCH3 is 2. The molecule has 3 aromatic carbocycles. The van der Waals surface area contributed by atoms with Gasteiger partial charge in [-0.05, 0) is 55.5 Å². The number of nitrogens with one attached hydrogen (secondary N) is 2. The zero-order chi connectivity index (χ0) is 22.2. The van der Waals surface area contributed by atoms with Crippen molar-refractivity contribution in [1.29, 1.82) is 0 Å². The third-order valence-corrected chi connectivity index (χ3v) is 5.37. The normalized spacial score (nSPS) is 10.3. The Hall–Kier alpha value is -3.19. The van der Waals surface area contributed by atoms with Crippen molar-refractivity contribution in [2.45, 2.75) is 13.5 Å². The van der Waals surface area contributed by atoms with E-state index in [1.165, 1.54) is 0 Å². The summed E-state index contributed by atoms with van der Waals surface area (Å²) in [4.78, 5) is 12.4. The number of halogens is 1. The summed E-state index contributed by atoms with van der Waals surface area (Å²) in [5.41, 5.74) is 3.63. The zero-order valence-electron chi connectivity index (χ0n) is 17.7. The molecule has 0 aliphatic carbocycles. The summed E-state index contributed by atoms with van der Waals surface area (Å²) in [6.07, 6.45) is 0. The van der Waals surface area contributed by atoms with Gasteiger partial charge in [0.25, 0.3) is 5.91 Å². The summed E-state index contributed by atoms with van der Waals surface area (Å²) in [6, 6.07) is 18.9. The minimum absolute atomic E-state index is 0.143. The number of hydrogen-bond acceptors (Lipinski definition) is 5. The molecule has 1 amide bonds. The van der Waals surface area contributed by atoms with Gasteiger partial charge in [-0.25, -0.2) is 0 Å². The quantitative estimate of drug-likeness (QED) is 0.425. The maximum Gasteiger partial charge on any atom is 0.262 e. The van der Waals surface area contributed by atoms with E-state index in [-0.39, 0.29) is 12.5 Å². The van der Waals surface area contributed by atoms with E-state index in [2.05, 4.69) is 26.6 Å². The maximum atomic E-state index is 12.4. The van der Waals surface area contributed by atoms with E-state index in [1.807, 2.05) is 61.5 Å². The Bertz CT molecular complexity index is 1020. The molecule has 0 atom stereocenters. The second-order valence-corrected chi connectivity index (χ2v) is 7.70. The van der Waals surface area contributed by atoms with Gasteiger partial charge < -0.3 is 24.8 Å². The second kappa shape index (κ2) is 10.7. The van der Waals surface area contributed by atoms with Crippen molar-refractivity contribution >= 4 is 33.2 Å². The molecule has 3 rings (SSSR count). The molecule has 0 aliphatic rings. The summed E-state index contributed by atoms with van der Waals surface area (Å²) in [5.74, 6) is 1.60. The van der Waals surface area contributed by atoms with Gasteiger partial charge in [0.05, 0.1) is 14.2 Å². The van der Waals surface area contributed by atoms with Crippen LogP contribution in [0.25, 0.3) is 0 Å². The Labute approximate surface area is 190 Å². The summed E-state index contributed by atoms with van der Waals surface area (Å²) >= 11 is 3.58. The van der Waals surface area contributed by atoms with Gasteiger partial charge >= 0.3 is 0 Å². The Balaban J connectivity index is 1.71. The largest absolute Gasteiger partial charge is 0.497 e. The average Bonchev–Trinajstić information content (AvgIpc) is 2.79. The summed E-state index contributed by atoms with van der Waals surface area (Å²) in [7, 11) is 3.21. The SMILES string of the molecule is COc1ccc(NCc2c(Br)ccc(OC)c2OCC(=O)Nc2ccc(C)cc2)cc1. The van der Waals surface area contributed by atoms with E-state index in [9.17, 15) is 4.79 Å². The van der Waals surface area contributed by atoms with Crippen molar-refractivity contribution in [3.63, 3.8) is 0 Å². The number of aryl methyl sites for hydroxylation is 1. The molecule has 0 unspecified atom stereocenters. The molecule has 0 bridgehead atoms. The molecular weight excluding hydrogens is 460 g/mol. The fraction of sp³-hybridized carbons (Fsp3) is 0.208. The first kappa shape index (κ1) is 22.5. The molecule has 6 nitrogen and oxygen atoms in total. The van der Waals surface area contributed by atoms with Crippen molar-refractivity contribution in [1.82, 2.24) is 0 Å². The lowest BCUT2D eigenvalue weighted by Gasteiger charge is -2.17. The van der Waals surface area contributed by atoms with Crippen LogP contribution >= 0.6 is 15.9 Å². The van der Waals surface area contributed by atoms with Crippen molar-refractivity contribution in [3.8, 4) is 17.2 Å². The molecule has 2 N–H and O–H groups in total. The monoisotopic (exact) mass is 484 g/mol. The number of benzene rings is 3. The van der Waals surface area contributed by atoms with Crippen molar-refractivity contribution < 1.29 is 19.0 Å². The van der Waals surface area contributed by atoms with Crippen LogP contribution in [0.2, 0.25) is 0 Å². The van der Waals surface area contributed by atoms with Crippen molar-refractivity contribution in [2.75, 3.05) is 31.5 Å². The highest BCUT2D eigenvalue weighted by Gasteiger charge is 2.16. The molecule has 0 fully saturated rings. The van der Waals surface area contributed by atoms with E-state index in [1.54, 1.807) is 20.3 Å². The molecule has 0 spiro atoms. The number of amides is 1. The molecule has 0 saturated carbocycles. The van der Waals surface area contributed by atoms with Gasteiger partial charge in [-0.1, -0.05) is 33.6 Å². The Morgan fingerprint density at radius 1 is 0.903 bits per heavy atom. The van der Waals surface area contributed by atoms with Crippen LogP contribution in [0.3, 0.4) is 0 Å². The first-order chi connectivity index (χ1) is 15.0. The first-order valence-electron chi connectivity index (χ1n) is 9.72. The predicted molar refractivity (Wildman–Crippen MR) is 126 cm³/mol. The van der Waals surface area contributed by atoms with Gasteiger partial charge in [0.2, 0.25) is 0 Å². The number of carbonyl (C=O) groups excluding carboxylic acids is 1. The van der Waals surface area contributed by atoms with Crippen LogP contribution < -0.4 is 24.8 Å². The Morgan fingerprint density at radius 3 is 2.23 bits per heavy atom. The summed E-state index contributed by atoms with van der Waals surface area (Å²) in [6.45, 7) is 2.32. The summed E-state index contributed by atoms with van der Waals surface area (Å²) in [5, 5.41) is 6.19. The Morgan fingerprint density at radius 2 is 1.58 bits per heavy atom. The molecular formula is C24H25BrN2O4. The molecule has 31 heavy (non-hydrogen) atoms. The van der Waals surface area contributed by atoms with E-state index in [0.717, 1.165) is 32.7 Å². The van der Waals surface area contributed by atoms with Gasteiger partial charge in [0, 0.05) is 28.0 Å². The molecule has 0 saturated heterocycles. The third-order valence-electron chi connectivity index (χ3n) is 4.63. The van der Waals surface area contributed by atoms with Crippen LogP contribution in [-0.2, 0) is 11.3 Å². The van der Waals surface area contributed by atoms with E-state index in [4.69, 9.17) is 14.2 Å². The predicted octanol–water partition coefficient (Wildman–Crippen LogP) is 5.40. The topological polar surface area (TPSA) is 68.8 Å². The van der Waals surface area contributed by atoms with E-state index < -0.39 is 0 Å². The molecule has 162 valence electrons. The van der Waals surface area contributed by atoms with E-state index in [0.29, 0.717) is 18.0 Å². The zero-order valence-corrected chi connectivity index (χ0v) is 19.3. The fourth-order valence-corrected chi connectivity index (χ4v) is 3.39. The van der Waals surface area contributed by atoms with Gasteiger partial charge in [0.15, 0.2) is 18.1 Å². The van der Waals surface area contributed by atoms with Crippen molar-refractivity contribution in [3.05, 3.63) is 76.3 Å². The fourth-order valence-electron chi connectivity index (χ4n) is 2.94. The van der Waals surface area contributed by atoms with E-state index >= 15 is 0 Å². The van der Waals surface area contributed by atoms with Gasteiger partial charge in [-0.15, -0.1) is 0 Å². The van der Waals surface area contributed by atoms with Crippen LogP contribution in [-0.4, -0.2) is 26.7 Å². The van der Waals surface area contributed by atoms with Gasteiger partial charge in [0.1, 0.15) is 5.75 Å². The van der Waals surface area contributed by atoms with Crippen molar-refractivity contribution in [2.24, 2.45) is 0 Å². The third kappa shape index (κ3) is 6.15. The van der Waals surface area contributed by atoms with Crippen LogP contribution in [0.5, 0.6) is 17.2 Å². The smallest absolute Gasteiger partial charge is 0.262 e. The lowest BCUT2D eigenvalue weighted by atomic mass is 10.1. The molecule has 3 aromatic rings. The average molecular weight is 485 g/mol. The molecule has 0 heterocycles. The number of hydrogen-bond donors (Lipinski definition) is 2. The van der Waals surface area contributed by atoms with Crippen LogP contribution in [0.1, 0.15) is 11.1 Å². The standard InChI is InChI=1S/C24H25BrN2O4/c1-16-4-6-18(7-5-16)27-23(28)15-31-24-20(21(25)12-13-22(24)30-3)14-26-17-8-10-19(29-2)11-9-17/h4-13,26H,14-15H2,1-3H3,(H,27,28). The highest BCUT2D eigenvalue weighted by atomic mass is 79.9. The maximum absolute atomic E-state index is 12.4. The van der Waals surface area contributed by atoms with Gasteiger partial charge in [-0.2, -0.15) is 0 Å². The molecule has 0 aliphatic heterocycles. The summed E-state index contributed by atoms with van der Waals surface area (Å²) < 4.78 is 17.4.